The first-order valence-electron chi connectivity index (χ1n) is 9.53. The number of hydrogen-bond donors (Lipinski definition) is 1. The van der Waals surface area contributed by atoms with E-state index in [1.165, 1.54) is 51.8 Å². The Labute approximate surface area is 189 Å². The molecule has 0 radical (unpaired) electrons. The Morgan fingerprint density at radius 3 is 2.66 bits per heavy atom. The lowest BCUT2D eigenvalue weighted by molar-refractivity contribution is -0.117. The van der Waals surface area contributed by atoms with Gasteiger partial charge in [-0.15, -0.1) is 11.3 Å². The van der Waals surface area contributed by atoms with Gasteiger partial charge < -0.3 is 9.84 Å². The SMILES string of the molecule is COc1ccc2nc(N3C(=O)C(O)=C(C(=O)c4cccs4)C3c3ccc(F)cc3)sc2c1. The fourth-order valence-corrected chi connectivity index (χ4v) is 5.36. The van der Waals surface area contributed by atoms with Crippen LogP contribution in [-0.2, 0) is 4.79 Å². The minimum absolute atomic E-state index is 0.0547. The number of aliphatic hydroxyl groups excluding tert-OH is 1. The number of aromatic nitrogens is 1. The number of thiazole rings is 1. The van der Waals surface area contributed by atoms with Crippen LogP contribution in [-0.4, -0.2) is 28.9 Å². The van der Waals surface area contributed by atoms with Crippen LogP contribution in [0.15, 0.2) is 71.3 Å². The molecule has 32 heavy (non-hydrogen) atoms. The number of amides is 1. The van der Waals surface area contributed by atoms with Gasteiger partial charge in [0.1, 0.15) is 11.6 Å². The van der Waals surface area contributed by atoms with Crippen LogP contribution in [0.5, 0.6) is 5.75 Å². The molecular formula is C23H15FN2O4S2. The number of anilines is 1. The van der Waals surface area contributed by atoms with Gasteiger partial charge in [-0.1, -0.05) is 29.5 Å². The molecule has 3 heterocycles. The third-order valence-electron chi connectivity index (χ3n) is 5.17. The van der Waals surface area contributed by atoms with Gasteiger partial charge in [-0.2, -0.15) is 0 Å². The van der Waals surface area contributed by atoms with E-state index in [-0.39, 0.29) is 5.57 Å². The molecule has 160 valence electrons. The molecule has 1 aliphatic heterocycles. The number of benzene rings is 2. The van der Waals surface area contributed by atoms with Crippen LogP contribution in [0.3, 0.4) is 0 Å². The van der Waals surface area contributed by atoms with Gasteiger partial charge in [-0.05, 0) is 47.3 Å². The van der Waals surface area contributed by atoms with Crippen LogP contribution in [0.25, 0.3) is 10.2 Å². The van der Waals surface area contributed by atoms with Crippen LogP contribution in [0.2, 0.25) is 0 Å². The molecule has 1 N–H and O–H groups in total. The third-order valence-corrected chi connectivity index (χ3v) is 7.06. The lowest BCUT2D eigenvalue weighted by Crippen LogP contribution is -2.30. The Morgan fingerprint density at radius 2 is 1.97 bits per heavy atom. The van der Waals surface area contributed by atoms with Gasteiger partial charge in [0.25, 0.3) is 5.91 Å². The van der Waals surface area contributed by atoms with E-state index in [1.807, 2.05) is 0 Å². The van der Waals surface area contributed by atoms with E-state index in [4.69, 9.17) is 4.74 Å². The molecule has 0 saturated heterocycles. The van der Waals surface area contributed by atoms with Crippen LogP contribution >= 0.6 is 22.7 Å². The van der Waals surface area contributed by atoms with Crippen molar-refractivity contribution in [1.29, 1.82) is 0 Å². The van der Waals surface area contributed by atoms with Crippen molar-refractivity contribution in [3.05, 3.63) is 87.6 Å². The number of carbonyl (C=O) groups excluding carboxylic acids is 2. The summed E-state index contributed by atoms with van der Waals surface area (Å²) < 4.78 is 19.6. The van der Waals surface area contributed by atoms with E-state index in [0.717, 1.165) is 4.70 Å². The van der Waals surface area contributed by atoms with E-state index in [0.29, 0.717) is 26.8 Å². The van der Waals surface area contributed by atoms with Crippen LogP contribution in [0, 0.1) is 5.82 Å². The van der Waals surface area contributed by atoms with Gasteiger partial charge in [0.2, 0.25) is 5.78 Å². The number of carbonyl (C=O) groups is 2. The number of aliphatic hydroxyl groups is 1. The highest BCUT2D eigenvalue weighted by atomic mass is 32.1. The summed E-state index contributed by atoms with van der Waals surface area (Å²) in [4.78, 5) is 32.7. The molecule has 0 bridgehead atoms. The Bertz CT molecular complexity index is 1380. The standard InChI is InChI=1S/C23H15FN2O4S2/c1-30-14-8-9-15-17(11-14)32-23(25-15)26-19(12-4-6-13(24)7-5-12)18(21(28)22(26)29)20(27)16-3-2-10-31-16/h2-11,19,28H,1H3. The summed E-state index contributed by atoms with van der Waals surface area (Å²) in [5.41, 5.74) is 1.08. The summed E-state index contributed by atoms with van der Waals surface area (Å²) in [6.45, 7) is 0. The number of halogens is 1. The first-order valence-corrected chi connectivity index (χ1v) is 11.2. The fourth-order valence-electron chi connectivity index (χ4n) is 3.66. The highest BCUT2D eigenvalue weighted by Crippen LogP contribution is 2.44. The number of methoxy groups -OCH3 is 1. The smallest absolute Gasteiger partial charge is 0.296 e. The molecule has 0 spiro atoms. The Morgan fingerprint density at radius 1 is 1.19 bits per heavy atom. The minimum Gasteiger partial charge on any atom is -0.503 e. The Kier molecular flexibility index (Phi) is 4.99. The van der Waals surface area contributed by atoms with Gasteiger partial charge >= 0.3 is 0 Å². The summed E-state index contributed by atoms with van der Waals surface area (Å²) in [7, 11) is 1.56. The average Bonchev–Trinajstić information content (AvgIpc) is 3.52. The summed E-state index contributed by atoms with van der Waals surface area (Å²) in [5.74, 6) is -1.62. The number of rotatable bonds is 5. The predicted molar refractivity (Wildman–Crippen MR) is 121 cm³/mol. The molecule has 1 unspecified atom stereocenters. The number of fused-ring (bicyclic) bond motifs is 1. The number of ketones is 1. The monoisotopic (exact) mass is 466 g/mol. The minimum atomic E-state index is -0.944. The highest BCUT2D eigenvalue weighted by molar-refractivity contribution is 7.22. The van der Waals surface area contributed by atoms with Gasteiger partial charge in [0.15, 0.2) is 10.9 Å². The predicted octanol–water partition coefficient (Wildman–Crippen LogP) is 5.29. The number of hydrogen-bond acceptors (Lipinski definition) is 7. The molecule has 0 aliphatic carbocycles. The van der Waals surface area contributed by atoms with Crippen molar-refractivity contribution in [2.75, 3.05) is 12.0 Å². The zero-order chi connectivity index (χ0) is 22.4. The lowest BCUT2D eigenvalue weighted by Gasteiger charge is -2.24. The Hall–Kier alpha value is -3.56. The maximum atomic E-state index is 13.6. The molecule has 9 heteroatoms. The second-order valence-corrected chi connectivity index (χ2v) is 8.98. The van der Waals surface area contributed by atoms with Gasteiger partial charge in [-0.25, -0.2) is 9.37 Å². The summed E-state index contributed by atoms with van der Waals surface area (Å²) >= 11 is 2.45. The first-order chi connectivity index (χ1) is 15.5. The Balaban J connectivity index is 1.67. The zero-order valence-electron chi connectivity index (χ0n) is 16.6. The maximum Gasteiger partial charge on any atom is 0.296 e. The van der Waals surface area contributed by atoms with E-state index in [2.05, 4.69) is 4.98 Å². The topological polar surface area (TPSA) is 79.7 Å². The summed E-state index contributed by atoms with van der Waals surface area (Å²) in [5, 5.41) is 12.8. The number of nitrogens with zero attached hydrogens (tertiary/aromatic N) is 2. The number of Topliss-reactive ketones (excluding diaryl/α,β-unsaturated/α-hetero) is 1. The maximum absolute atomic E-state index is 13.6. The van der Waals surface area contributed by atoms with Crippen LogP contribution in [0.4, 0.5) is 9.52 Å². The number of thiophene rings is 1. The molecular weight excluding hydrogens is 451 g/mol. The molecule has 0 saturated carbocycles. The van der Waals surface area contributed by atoms with Crippen molar-refractivity contribution in [2.24, 2.45) is 0 Å². The molecule has 1 atom stereocenters. The summed E-state index contributed by atoms with van der Waals surface area (Å²) in [6, 6.07) is 13.2. The molecule has 5 rings (SSSR count). The van der Waals surface area contributed by atoms with Crippen molar-refractivity contribution in [1.82, 2.24) is 4.98 Å². The lowest BCUT2D eigenvalue weighted by atomic mass is 9.95. The van der Waals surface area contributed by atoms with Crippen molar-refractivity contribution in [2.45, 2.75) is 6.04 Å². The molecule has 6 nitrogen and oxygen atoms in total. The van der Waals surface area contributed by atoms with E-state index >= 15 is 0 Å². The van der Waals surface area contributed by atoms with Gasteiger partial charge in [0, 0.05) is 0 Å². The summed E-state index contributed by atoms with van der Waals surface area (Å²) in [6.07, 6.45) is 0. The quantitative estimate of drug-likeness (QED) is 0.405. The molecule has 2 aromatic carbocycles. The van der Waals surface area contributed by atoms with Crippen molar-refractivity contribution < 1.29 is 23.8 Å². The molecule has 1 aliphatic rings. The van der Waals surface area contributed by atoms with Crippen LogP contribution in [0.1, 0.15) is 21.3 Å². The van der Waals surface area contributed by atoms with Crippen molar-refractivity contribution in [3.8, 4) is 5.75 Å². The fraction of sp³-hybridized carbons (Fsp3) is 0.0870. The van der Waals surface area contributed by atoms with Gasteiger partial charge in [0.05, 0.1) is 33.8 Å². The normalized spacial score (nSPS) is 16.2. The largest absolute Gasteiger partial charge is 0.503 e. The van der Waals surface area contributed by atoms with Crippen LogP contribution < -0.4 is 9.64 Å². The van der Waals surface area contributed by atoms with Gasteiger partial charge in [-0.3, -0.25) is 14.5 Å². The first kappa shape index (κ1) is 20.3. The molecule has 0 fully saturated rings. The average molecular weight is 467 g/mol. The van der Waals surface area contributed by atoms with E-state index in [9.17, 15) is 19.1 Å². The number of ether oxygens (including phenoxy) is 1. The highest BCUT2D eigenvalue weighted by Gasteiger charge is 2.46. The molecule has 1 amide bonds. The van der Waals surface area contributed by atoms with Crippen molar-refractivity contribution in [3.63, 3.8) is 0 Å². The second kappa shape index (κ2) is 7.85. The van der Waals surface area contributed by atoms with Crippen molar-refractivity contribution >= 4 is 49.7 Å². The zero-order valence-corrected chi connectivity index (χ0v) is 18.2. The molecule has 4 aromatic rings. The van der Waals surface area contributed by atoms with E-state index in [1.54, 1.807) is 42.8 Å². The van der Waals surface area contributed by atoms with E-state index < -0.39 is 29.3 Å². The molecule has 2 aromatic heterocycles. The second-order valence-electron chi connectivity index (χ2n) is 7.03. The third kappa shape index (κ3) is 3.26.